The van der Waals surface area contributed by atoms with Crippen LogP contribution in [0.1, 0.15) is 23.6 Å². The first-order valence-corrected chi connectivity index (χ1v) is 10.0. The Bertz CT molecular complexity index is 1290. The van der Waals surface area contributed by atoms with E-state index in [0.29, 0.717) is 22.2 Å². The normalized spacial score (nSPS) is 13.4. The van der Waals surface area contributed by atoms with Crippen LogP contribution in [0.25, 0.3) is 5.65 Å². The summed E-state index contributed by atoms with van der Waals surface area (Å²) in [6.07, 6.45) is 3.54. The summed E-state index contributed by atoms with van der Waals surface area (Å²) < 4.78 is 26.8. The van der Waals surface area contributed by atoms with Gasteiger partial charge in [-0.15, -0.1) is 0 Å². The Hall–Kier alpha value is -3.58. The number of hydrogen-bond acceptors (Lipinski definition) is 4. The molecule has 6 nitrogen and oxygen atoms in total. The van der Waals surface area contributed by atoms with Gasteiger partial charge >= 0.3 is 0 Å². The third-order valence-corrected chi connectivity index (χ3v) is 5.42. The van der Waals surface area contributed by atoms with Crippen LogP contribution in [-0.2, 0) is 4.79 Å². The fraction of sp³-hybridized carbons (Fsp3) is 0.130. The number of carbonyl (C=O) groups excluding carboxylic acids is 1. The number of carbonyl (C=O) groups is 1. The molecular weight excluding hydrogens is 421 g/mol. The third kappa shape index (κ3) is 3.80. The minimum absolute atomic E-state index is 0.0638. The molecule has 2 aromatic carbocycles. The molecule has 1 atom stereocenters. The van der Waals surface area contributed by atoms with Crippen LogP contribution in [0.2, 0.25) is 5.02 Å². The number of hydrogen-bond donors (Lipinski definition) is 1. The summed E-state index contributed by atoms with van der Waals surface area (Å²) in [7, 11) is 0. The summed E-state index contributed by atoms with van der Waals surface area (Å²) in [4.78, 5) is 17.3. The second kappa shape index (κ2) is 7.92. The molecular formula is C23H17ClFN3O3. The van der Waals surface area contributed by atoms with Crippen LogP contribution in [-0.4, -0.2) is 22.1 Å². The number of benzene rings is 2. The van der Waals surface area contributed by atoms with Gasteiger partial charge in [-0.3, -0.25) is 4.79 Å². The van der Waals surface area contributed by atoms with Crippen LogP contribution in [0.15, 0.2) is 67.0 Å². The molecule has 1 unspecified atom stereocenters. The van der Waals surface area contributed by atoms with Gasteiger partial charge in [-0.25, -0.2) is 9.37 Å². The zero-order valence-corrected chi connectivity index (χ0v) is 17.0. The van der Waals surface area contributed by atoms with Gasteiger partial charge in [0.05, 0.1) is 16.4 Å². The monoisotopic (exact) mass is 437 g/mol. The van der Waals surface area contributed by atoms with Crippen molar-refractivity contribution in [1.29, 1.82) is 0 Å². The number of fused-ring (bicyclic) bond motifs is 2. The zero-order valence-electron chi connectivity index (χ0n) is 16.2. The van der Waals surface area contributed by atoms with E-state index < -0.39 is 5.82 Å². The first-order valence-electron chi connectivity index (χ1n) is 9.65. The number of pyridine rings is 1. The lowest BCUT2D eigenvalue weighted by molar-refractivity contribution is -0.116. The van der Waals surface area contributed by atoms with Crippen LogP contribution in [0.5, 0.6) is 11.5 Å². The molecule has 8 heteroatoms. The maximum Gasteiger partial charge on any atom is 0.231 e. The molecule has 1 aliphatic rings. The van der Waals surface area contributed by atoms with E-state index in [4.69, 9.17) is 21.1 Å². The van der Waals surface area contributed by atoms with E-state index in [0.717, 1.165) is 11.3 Å². The number of nitrogens with zero attached hydrogens (tertiary/aromatic N) is 2. The third-order valence-electron chi connectivity index (χ3n) is 5.19. The Morgan fingerprint density at radius 3 is 2.87 bits per heavy atom. The smallest absolute Gasteiger partial charge is 0.231 e. The van der Waals surface area contributed by atoms with Gasteiger partial charge < -0.3 is 19.2 Å². The second-order valence-corrected chi connectivity index (χ2v) is 7.59. The Morgan fingerprint density at radius 2 is 2.00 bits per heavy atom. The highest BCUT2D eigenvalue weighted by atomic mass is 35.5. The van der Waals surface area contributed by atoms with Crippen molar-refractivity contribution < 1.29 is 18.7 Å². The molecule has 5 rings (SSSR count). The van der Waals surface area contributed by atoms with Crippen molar-refractivity contribution in [3.05, 3.63) is 89.1 Å². The van der Waals surface area contributed by atoms with Crippen LogP contribution >= 0.6 is 11.6 Å². The minimum atomic E-state index is -0.489. The number of halogens is 2. The van der Waals surface area contributed by atoms with Gasteiger partial charge in [0.15, 0.2) is 11.5 Å². The van der Waals surface area contributed by atoms with Gasteiger partial charge in [0, 0.05) is 24.7 Å². The molecule has 0 fully saturated rings. The van der Waals surface area contributed by atoms with E-state index in [1.165, 1.54) is 12.1 Å². The molecule has 3 heterocycles. The van der Waals surface area contributed by atoms with Gasteiger partial charge in [-0.2, -0.15) is 0 Å². The topological polar surface area (TPSA) is 64.9 Å². The summed E-state index contributed by atoms with van der Waals surface area (Å²) in [5, 5.41) is 3.21. The lowest BCUT2D eigenvalue weighted by Crippen LogP contribution is -2.18. The number of anilines is 1. The summed E-state index contributed by atoms with van der Waals surface area (Å²) in [6.45, 7) is 0.155. The van der Waals surface area contributed by atoms with E-state index in [9.17, 15) is 9.18 Å². The molecule has 1 N–H and O–H groups in total. The van der Waals surface area contributed by atoms with Gasteiger partial charge in [0.25, 0.3) is 0 Å². The van der Waals surface area contributed by atoms with Gasteiger partial charge in [0.1, 0.15) is 11.5 Å². The van der Waals surface area contributed by atoms with Crippen LogP contribution in [0.3, 0.4) is 0 Å². The van der Waals surface area contributed by atoms with Crippen molar-refractivity contribution in [1.82, 2.24) is 9.38 Å². The molecule has 0 spiro atoms. The van der Waals surface area contributed by atoms with E-state index >= 15 is 0 Å². The number of imidazole rings is 1. The van der Waals surface area contributed by atoms with Crippen molar-refractivity contribution in [2.45, 2.75) is 12.3 Å². The fourth-order valence-electron chi connectivity index (χ4n) is 3.70. The summed E-state index contributed by atoms with van der Waals surface area (Å²) in [5.41, 5.74) is 2.47. The van der Waals surface area contributed by atoms with Gasteiger partial charge in [-0.05, 0) is 42.0 Å². The summed E-state index contributed by atoms with van der Waals surface area (Å²) >= 11 is 6.20. The molecule has 1 amide bonds. The number of ether oxygens (including phenoxy) is 2. The molecule has 0 radical (unpaired) electrons. The van der Waals surface area contributed by atoms with Crippen molar-refractivity contribution in [3.63, 3.8) is 0 Å². The van der Waals surface area contributed by atoms with Crippen LogP contribution in [0.4, 0.5) is 10.1 Å². The van der Waals surface area contributed by atoms with Crippen LogP contribution < -0.4 is 14.8 Å². The second-order valence-electron chi connectivity index (χ2n) is 7.16. The zero-order chi connectivity index (χ0) is 21.4. The Morgan fingerprint density at radius 1 is 1.16 bits per heavy atom. The maximum absolute atomic E-state index is 14.0. The lowest BCUT2D eigenvalue weighted by atomic mass is 9.92. The van der Waals surface area contributed by atoms with Gasteiger partial charge in [-0.1, -0.05) is 29.8 Å². The first-order chi connectivity index (χ1) is 15.1. The highest BCUT2D eigenvalue weighted by Gasteiger charge is 2.25. The number of aromatic nitrogens is 2. The molecule has 1 aliphatic heterocycles. The standard InChI is InChI=1S/C23H17ClFN3O3/c24-15-6-8-22-26-11-19(28(22)12-15)16(14-5-7-20-21(9-14)31-13-30-20)10-23(29)27-18-4-2-1-3-17(18)25/h1-9,11-12,16H,10,13H2,(H,27,29). The Labute approximate surface area is 182 Å². The molecule has 2 aromatic heterocycles. The van der Waals surface area contributed by atoms with E-state index in [1.54, 1.807) is 30.6 Å². The highest BCUT2D eigenvalue weighted by molar-refractivity contribution is 6.30. The van der Waals surface area contributed by atoms with Gasteiger partial charge in [0.2, 0.25) is 12.7 Å². The van der Waals surface area contributed by atoms with E-state index in [-0.39, 0.29) is 30.7 Å². The highest BCUT2D eigenvalue weighted by Crippen LogP contribution is 2.38. The van der Waals surface area contributed by atoms with Crippen molar-refractivity contribution in [2.24, 2.45) is 0 Å². The van der Waals surface area contributed by atoms with Crippen molar-refractivity contribution in [2.75, 3.05) is 12.1 Å². The number of nitrogens with one attached hydrogen (secondary N) is 1. The number of amides is 1. The minimum Gasteiger partial charge on any atom is -0.454 e. The summed E-state index contributed by atoms with van der Waals surface area (Å²) in [6, 6.07) is 15.2. The predicted molar refractivity (Wildman–Crippen MR) is 114 cm³/mol. The molecule has 0 aliphatic carbocycles. The lowest BCUT2D eigenvalue weighted by Gasteiger charge is -2.18. The quantitative estimate of drug-likeness (QED) is 0.476. The van der Waals surface area contributed by atoms with E-state index in [2.05, 4.69) is 10.3 Å². The van der Waals surface area contributed by atoms with Crippen molar-refractivity contribution in [3.8, 4) is 11.5 Å². The first kappa shape index (κ1) is 19.4. The Balaban J connectivity index is 1.53. The predicted octanol–water partition coefficient (Wildman–Crippen LogP) is 5.02. The average Bonchev–Trinajstić information content (AvgIpc) is 3.40. The fourth-order valence-corrected chi connectivity index (χ4v) is 3.86. The molecule has 31 heavy (non-hydrogen) atoms. The number of para-hydroxylation sites is 1. The molecule has 0 saturated carbocycles. The van der Waals surface area contributed by atoms with Crippen molar-refractivity contribution >= 4 is 28.8 Å². The summed E-state index contributed by atoms with van der Waals surface area (Å²) in [5.74, 6) is 0.0694. The average molecular weight is 438 g/mol. The Kier molecular flexibility index (Phi) is 4.95. The largest absolute Gasteiger partial charge is 0.454 e. The van der Waals surface area contributed by atoms with Crippen LogP contribution in [0, 0.1) is 5.82 Å². The SMILES string of the molecule is O=C(CC(c1ccc2c(c1)OCO2)c1cnc2ccc(Cl)cn12)Nc1ccccc1F. The molecule has 4 aromatic rings. The maximum atomic E-state index is 14.0. The molecule has 0 saturated heterocycles. The van der Waals surface area contributed by atoms with E-state index in [1.807, 2.05) is 28.7 Å². The molecule has 0 bridgehead atoms. The number of rotatable bonds is 5. The molecule has 156 valence electrons.